The molecule has 1 unspecified atom stereocenters. The van der Waals surface area contributed by atoms with Gasteiger partial charge in [-0.25, -0.2) is 19.9 Å². The van der Waals surface area contributed by atoms with E-state index in [1.165, 1.54) is 29.1 Å². The van der Waals surface area contributed by atoms with Gasteiger partial charge >= 0.3 is 0 Å². The monoisotopic (exact) mass is 903 g/mol. The van der Waals surface area contributed by atoms with E-state index in [1.54, 1.807) is 24.4 Å². The second kappa shape index (κ2) is 20.9. The van der Waals surface area contributed by atoms with Gasteiger partial charge in [0, 0.05) is 91.9 Å². The van der Waals surface area contributed by atoms with E-state index in [0.29, 0.717) is 41.4 Å². The Kier molecular flexibility index (Phi) is 14.7. The Hall–Kier alpha value is -5.98. The number of nitrogens with one attached hydrogen (secondary N) is 3. The molecule has 2 aromatic carbocycles. The van der Waals surface area contributed by atoms with Gasteiger partial charge in [0.15, 0.2) is 0 Å². The molecule has 8 rings (SSSR count). The lowest BCUT2D eigenvalue weighted by Gasteiger charge is -2.37. The van der Waals surface area contributed by atoms with Crippen LogP contribution in [0.4, 0.5) is 23.1 Å². The normalized spacial score (nSPS) is 18.6. The number of carbonyl (C=O) groups excluding carboxylic acids is 5. The molecule has 3 fully saturated rings. The molecular weight excluding hydrogens is 847 g/mol. The van der Waals surface area contributed by atoms with Crippen molar-refractivity contribution in [3.63, 3.8) is 0 Å². The lowest BCUT2D eigenvalue weighted by atomic mass is 9.91. The molecule has 0 saturated carbocycles. The minimum atomic E-state index is -0.703. The summed E-state index contributed by atoms with van der Waals surface area (Å²) in [5.74, 6) is 0.000567. The highest BCUT2D eigenvalue weighted by Gasteiger charge is 2.39. The van der Waals surface area contributed by atoms with Crippen LogP contribution in [0.25, 0.3) is 0 Å². The number of anilines is 4. The van der Waals surface area contributed by atoms with Crippen molar-refractivity contribution in [3.8, 4) is 0 Å². The maximum Gasteiger partial charge on any atom is 0.258 e. The molecule has 342 valence electrons. The molecule has 0 bridgehead atoms. The van der Waals surface area contributed by atoms with Crippen LogP contribution in [0, 0.1) is 0 Å². The summed E-state index contributed by atoms with van der Waals surface area (Å²) in [4.78, 5) is 87.7. The van der Waals surface area contributed by atoms with Crippen molar-refractivity contribution in [2.75, 3.05) is 53.2 Å². The van der Waals surface area contributed by atoms with Gasteiger partial charge in [-0.3, -0.25) is 29.3 Å². The summed E-state index contributed by atoms with van der Waals surface area (Å²) >= 11 is 1.52. The third-order valence-corrected chi connectivity index (χ3v) is 13.4. The molecule has 4 aromatic rings. The SMILES string of the molecule is CC1(N)CCN(c2cnc(Sc3cccc(NC(=O)CCCCCCCOC4CCN(c5ncc(C(=O)Nc6ccc7c(c6)CN(C6CCC(=O)NC6=O)C7=O)cn5)CC4)c3)cn2)CC1. The summed E-state index contributed by atoms with van der Waals surface area (Å²) < 4.78 is 6.20. The van der Waals surface area contributed by atoms with Gasteiger partial charge in [0.05, 0.1) is 24.1 Å². The van der Waals surface area contributed by atoms with Crippen LogP contribution in [0.5, 0.6) is 0 Å². The van der Waals surface area contributed by atoms with Crippen molar-refractivity contribution >= 4 is 64.4 Å². The molecule has 0 aliphatic carbocycles. The minimum absolute atomic E-state index is 0.0167. The van der Waals surface area contributed by atoms with E-state index in [1.807, 2.05) is 30.5 Å². The fraction of sp³-hybridized carbons (Fsp3) is 0.468. The maximum absolute atomic E-state index is 13.1. The van der Waals surface area contributed by atoms with Gasteiger partial charge in [-0.1, -0.05) is 37.1 Å². The third-order valence-electron chi connectivity index (χ3n) is 12.5. The van der Waals surface area contributed by atoms with E-state index in [-0.39, 0.29) is 54.7 Å². The predicted molar refractivity (Wildman–Crippen MR) is 247 cm³/mol. The van der Waals surface area contributed by atoms with Crippen molar-refractivity contribution < 1.29 is 28.7 Å². The number of nitrogens with two attached hydrogens (primary N) is 1. The van der Waals surface area contributed by atoms with Gasteiger partial charge in [-0.2, -0.15) is 0 Å². The number of hydrogen-bond donors (Lipinski definition) is 4. The Morgan fingerprint density at radius 2 is 1.60 bits per heavy atom. The van der Waals surface area contributed by atoms with E-state index >= 15 is 0 Å². The molecular formula is C47H57N11O6S. The zero-order valence-corrected chi connectivity index (χ0v) is 37.6. The van der Waals surface area contributed by atoms with Crippen molar-refractivity contribution in [2.24, 2.45) is 5.73 Å². The molecule has 65 heavy (non-hydrogen) atoms. The summed E-state index contributed by atoms with van der Waals surface area (Å²) in [6.45, 7) is 6.29. The number of piperidine rings is 3. The van der Waals surface area contributed by atoms with Crippen LogP contribution in [0.2, 0.25) is 0 Å². The van der Waals surface area contributed by atoms with Crippen LogP contribution in [0.1, 0.15) is 110 Å². The number of hydrogen-bond acceptors (Lipinski definition) is 14. The Balaban J connectivity index is 0.669. The van der Waals surface area contributed by atoms with Crippen LogP contribution in [0.3, 0.4) is 0 Å². The van der Waals surface area contributed by atoms with Gasteiger partial charge in [0.1, 0.15) is 16.9 Å². The lowest BCUT2D eigenvalue weighted by molar-refractivity contribution is -0.137. The van der Waals surface area contributed by atoms with Gasteiger partial charge in [-0.15, -0.1) is 0 Å². The van der Waals surface area contributed by atoms with Gasteiger partial charge in [0.2, 0.25) is 23.7 Å². The topological polar surface area (TPSA) is 218 Å². The Morgan fingerprint density at radius 3 is 2.35 bits per heavy atom. The van der Waals surface area contributed by atoms with Crippen LogP contribution >= 0.6 is 11.8 Å². The van der Waals surface area contributed by atoms with E-state index in [2.05, 4.69) is 52.6 Å². The highest BCUT2D eigenvalue weighted by molar-refractivity contribution is 7.99. The van der Waals surface area contributed by atoms with Crippen LogP contribution < -0.4 is 31.5 Å². The molecule has 18 heteroatoms. The van der Waals surface area contributed by atoms with Crippen molar-refractivity contribution in [3.05, 3.63) is 83.9 Å². The number of fused-ring (bicyclic) bond motifs is 1. The highest BCUT2D eigenvalue weighted by Crippen LogP contribution is 2.31. The van der Waals surface area contributed by atoms with E-state index < -0.39 is 11.9 Å². The molecule has 5 amide bonds. The van der Waals surface area contributed by atoms with E-state index in [4.69, 9.17) is 10.5 Å². The van der Waals surface area contributed by atoms with E-state index in [9.17, 15) is 24.0 Å². The number of benzene rings is 2. The molecule has 2 aromatic heterocycles. The number of unbranched alkanes of at least 4 members (excludes halogenated alkanes) is 4. The van der Waals surface area contributed by atoms with Gasteiger partial charge in [-0.05, 0) is 93.8 Å². The molecule has 5 N–H and O–H groups in total. The summed E-state index contributed by atoms with van der Waals surface area (Å²) in [6.07, 6.45) is 16.3. The number of ether oxygens (including phenoxy) is 1. The number of nitrogens with zero attached hydrogens (tertiary/aromatic N) is 7. The average molecular weight is 904 g/mol. The molecule has 17 nitrogen and oxygen atoms in total. The van der Waals surface area contributed by atoms with Crippen LogP contribution in [-0.4, -0.2) is 105 Å². The first-order valence-electron chi connectivity index (χ1n) is 22.7. The predicted octanol–water partition coefficient (Wildman–Crippen LogP) is 5.71. The van der Waals surface area contributed by atoms with Crippen LogP contribution in [0.15, 0.2) is 77.2 Å². The number of amides is 5. The summed E-state index contributed by atoms with van der Waals surface area (Å²) in [7, 11) is 0. The van der Waals surface area contributed by atoms with Crippen molar-refractivity contribution in [2.45, 2.75) is 118 Å². The molecule has 4 aliphatic heterocycles. The maximum atomic E-state index is 13.1. The number of rotatable bonds is 17. The minimum Gasteiger partial charge on any atom is -0.378 e. The molecule has 0 spiro atoms. The van der Waals surface area contributed by atoms with Crippen molar-refractivity contribution in [1.82, 2.24) is 30.2 Å². The first-order chi connectivity index (χ1) is 31.5. The molecule has 4 aliphatic rings. The van der Waals surface area contributed by atoms with Gasteiger partial charge < -0.3 is 35.8 Å². The zero-order chi connectivity index (χ0) is 45.3. The Morgan fingerprint density at radius 1 is 0.846 bits per heavy atom. The smallest absolute Gasteiger partial charge is 0.258 e. The zero-order valence-electron chi connectivity index (χ0n) is 36.8. The number of aromatic nitrogens is 4. The number of carbonyl (C=O) groups is 5. The van der Waals surface area contributed by atoms with Crippen LogP contribution in [-0.2, 0) is 25.7 Å². The molecule has 3 saturated heterocycles. The quantitative estimate of drug-likeness (QED) is 0.0737. The fourth-order valence-electron chi connectivity index (χ4n) is 8.60. The molecule has 1 atom stereocenters. The second-order valence-electron chi connectivity index (χ2n) is 17.6. The van der Waals surface area contributed by atoms with E-state index in [0.717, 1.165) is 105 Å². The summed E-state index contributed by atoms with van der Waals surface area (Å²) in [5.41, 5.74) is 8.92. The largest absolute Gasteiger partial charge is 0.378 e. The lowest BCUT2D eigenvalue weighted by Crippen LogP contribution is -2.52. The average Bonchev–Trinajstić information content (AvgIpc) is 3.62. The first kappa shape index (κ1) is 45.6. The second-order valence-corrected chi connectivity index (χ2v) is 18.7. The molecule has 6 heterocycles. The highest BCUT2D eigenvalue weighted by atomic mass is 32.2. The summed E-state index contributed by atoms with van der Waals surface area (Å²) in [6, 6.07) is 12.1. The molecule has 0 radical (unpaired) electrons. The fourth-order valence-corrected chi connectivity index (χ4v) is 9.39. The van der Waals surface area contributed by atoms with Gasteiger partial charge in [0.25, 0.3) is 11.8 Å². The third kappa shape index (κ3) is 12.0. The first-order valence-corrected chi connectivity index (χ1v) is 23.5. The number of imide groups is 1. The summed E-state index contributed by atoms with van der Waals surface area (Å²) in [5, 5.41) is 9.01. The standard InChI is InChI=1S/C47H57N11O6S/c1-47(48)17-21-56(22-18-47)39-28-50-42(29-49-39)65-36-9-7-8-33(25-36)53-40(59)10-5-3-2-4-6-23-64-35-15-19-57(20-16-35)46-51-26-32(27-52-46)43(61)54-34-11-12-37-31(24-34)30-58(45(37)63)38-13-14-41(60)55-44(38)62/h7-9,11-12,24-29,35,38H,2-6,10,13-23,30,48H2,1H3,(H,53,59)(H,54,61)(H,55,60,62). The Bertz CT molecular complexity index is 2350. The van der Waals surface area contributed by atoms with Crippen molar-refractivity contribution in [1.29, 1.82) is 0 Å². The Labute approximate surface area is 383 Å².